The fourth-order valence-corrected chi connectivity index (χ4v) is 2.25. The molecule has 1 saturated carbocycles. The highest BCUT2D eigenvalue weighted by Crippen LogP contribution is 2.30. The maximum atomic E-state index is 11.8. The Balaban J connectivity index is 2.56. The molecule has 0 aromatic carbocycles. The molecule has 0 aromatic heterocycles. The first-order chi connectivity index (χ1) is 8.02. The van der Waals surface area contributed by atoms with Crippen molar-refractivity contribution in [2.75, 3.05) is 0 Å². The average molecular weight is 242 g/mol. The number of carboxylic acids is 1. The zero-order valence-corrected chi connectivity index (χ0v) is 10.4. The van der Waals surface area contributed by atoms with Gasteiger partial charge in [-0.2, -0.15) is 0 Å². The van der Waals surface area contributed by atoms with Crippen LogP contribution in [0.5, 0.6) is 0 Å². The summed E-state index contributed by atoms with van der Waals surface area (Å²) in [6, 6.07) is -0.591. The summed E-state index contributed by atoms with van der Waals surface area (Å²) >= 11 is 0. The molecule has 5 nitrogen and oxygen atoms in total. The number of hydrogen-bond donors (Lipinski definition) is 3. The molecule has 17 heavy (non-hydrogen) atoms. The predicted octanol–water partition coefficient (Wildman–Crippen LogP) is 1.02. The lowest BCUT2D eigenvalue weighted by Crippen LogP contribution is -2.56. The van der Waals surface area contributed by atoms with Gasteiger partial charge in [0.05, 0.1) is 6.04 Å². The van der Waals surface area contributed by atoms with Crippen molar-refractivity contribution in [2.45, 2.75) is 63.5 Å². The van der Waals surface area contributed by atoms with Crippen molar-refractivity contribution < 1.29 is 14.7 Å². The van der Waals surface area contributed by atoms with Gasteiger partial charge in [0.25, 0.3) is 0 Å². The second kappa shape index (κ2) is 6.00. The molecule has 0 aromatic rings. The van der Waals surface area contributed by atoms with E-state index in [0.717, 1.165) is 25.7 Å². The Hall–Kier alpha value is -1.10. The summed E-state index contributed by atoms with van der Waals surface area (Å²) in [6.07, 6.45) is 5.18. The lowest BCUT2D eigenvalue weighted by Gasteiger charge is -2.27. The molecule has 0 bridgehead atoms. The Labute approximate surface area is 102 Å². The van der Waals surface area contributed by atoms with E-state index < -0.39 is 17.6 Å². The summed E-state index contributed by atoms with van der Waals surface area (Å²) in [5, 5.41) is 11.9. The molecule has 0 spiro atoms. The molecule has 98 valence electrons. The largest absolute Gasteiger partial charge is 0.480 e. The SMILES string of the molecule is CCCCC(N)C(=O)NC1(C(=O)O)CCCC1. The minimum atomic E-state index is -1.07. The van der Waals surface area contributed by atoms with E-state index in [9.17, 15) is 14.7 Å². The van der Waals surface area contributed by atoms with Crippen LogP contribution in [-0.4, -0.2) is 28.6 Å². The second-order valence-corrected chi connectivity index (χ2v) is 4.83. The number of rotatable bonds is 6. The van der Waals surface area contributed by atoms with Crippen LogP contribution >= 0.6 is 0 Å². The summed E-state index contributed by atoms with van der Waals surface area (Å²) in [7, 11) is 0. The number of aliphatic carboxylic acids is 1. The molecule has 0 radical (unpaired) electrons. The molecule has 4 N–H and O–H groups in total. The number of amides is 1. The number of nitrogens with two attached hydrogens (primary N) is 1. The van der Waals surface area contributed by atoms with Crippen LogP contribution < -0.4 is 11.1 Å². The summed E-state index contributed by atoms with van der Waals surface area (Å²) < 4.78 is 0. The number of nitrogens with one attached hydrogen (secondary N) is 1. The molecular weight excluding hydrogens is 220 g/mol. The van der Waals surface area contributed by atoms with E-state index in [2.05, 4.69) is 5.32 Å². The minimum Gasteiger partial charge on any atom is -0.480 e. The zero-order chi connectivity index (χ0) is 12.9. The highest BCUT2D eigenvalue weighted by Gasteiger charge is 2.43. The van der Waals surface area contributed by atoms with Crippen molar-refractivity contribution >= 4 is 11.9 Å². The molecule has 1 unspecified atom stereocenters. The zero-order valence-electron chi connectivity index (χ0n) is 10.4. The van der Waals surface area contributed by atoms with Crippen LogP contribution in [0.3, 0.4) is 0 Å². The Morgan fingerprint density at radius 2 is 2.00 bits per heavy atom. The van der Waals surface area contributed by atoms with Crippen LogP contribution in [0.25, 0.3) is 0 Å². The Morgan fingerprint density at radius 3 is 2.47 bits per heavy atom. The van der Waals surface area contributed by atoms with Gasteiger partial charge < -0.3 is 16.2 Å². The number of carboxylic acid groups (broad SMARTS) is 1. The standard InChI is InChI=1S/C12H22N2O3/c1-2-3-6-9(13)10(15)14-12(11(16)17)7-4-5-8-12/h9H,2-8,13H2,1H3,(H,14,15)(H,16,17). The first-order valence-corrected chi connectivity index (χ1v) is 6.33. The quantitative estimate of drug-likeness (QED) is 0.648. The fraction of sp³-hybridized carbons (Fsp3) is 0.833. The van der Waals surface area contributed by atoms with Crippen LogP contribution in [0.15, 0.2) is 0 Å². The molecule has 1 rings (SSSR count). The summed E-state index contributed by atoms with van der Waals surface area (Å²) in [6.45, 7) is 2.03. The van der Waals surface area contributed by atoms with Gasteiger partial charge in [-0.1, -0.05) is 32.6 Å². The molecule has 1 amide bonds. The van der Waals surface area contributed by atoms with Gasteiger partial charge in [0.1, 0.15) is 5.54 Å². The molecular formula is C12H22N2O3. The van der Waals surface area contributed by atoms with Crippen molar-refractivity contribution in [1.29, 1.82) is 0 Å². The van der Waals surface area contributed by atoms with Gasteiger partial charge >= 0.3 is 5.97 Å². The van der Waals surface area contributed by atoms with Crippen molar-refractivity contribution in [3.63, 3.8) is 0 Å². The first-order valence-electron chi connectivity index (χ1n) is 6.33. The number of carbonyl (C=O) groups is 2. The van der Waals surface area contributed by atoms with E-state index in [1.807, 2.05) is 6.92 Å². The topological polar surface area (TPSA) is 92.4 Å². The van der Waals surface area contributed by atoms with E-state index >= 15 is 0 Å². The molecule has 1 aliphatic rings. The molecule has 5 heteroatoms. The Morgan fingerprint density at radius 1 is 1.41 bits per heavy atom. The van der Waals surface area contributed by atoms with E-state index in [1.54, 1.807) is 0 Å². The predicted molar refractivity (Wildman–Crippen MR) is 64.5 cm³/mol. The molecule has 1 fully saturated rings. The highest BCUT2D eigenvalue weighted by atomic mass is 16.4. The van der Waals surface area contributed by atoms with Crippen LogP contribution in [0.2, 0.25) is 0 Å². The fourth-order valence-electron chi connectivity index (χ4n) is 2.25. The van der Waals surface area contributed by atoms with E-state index in [1.165, 1.54) is 0 Å². The maximum Gasteiger partial charge on any atom is 0.329 e. The Bertz CT molecular complexity index is 285. The van der Waals surface area contributed by atoms with E-state index in [4.69, 9.17) is 5.73 Å². The molecule has 1 atom stereocenters. The van der Waals surface area contributed by atoms with Crippen molar-refractivity contribution in [3.8, 4) is 0 Å². The molecule has 0 heterocycles. The van der Waals surface area contributed by atoms with E-state index in [0.29, 0.717) is 19.3 Å². The minimum absolute atomic E-state index is 0.331. The van der Waals surface area contributed by atoms with Crippen molar-refractivity contribution in [1.82, 2.24) is 5.32 Å². The maximum absolute atomic E-state index is 11.8. The van der Waals surface area contributed by atoms with Gasteiger partial charge in [-0.25, -0.2) is 4.79 Å². The lowest BCUT2D eigenvalue weighted by atomic mass is 9.97. The number of carbonyl (C=O) groups excluding carboxylic acids is 1. The molecule has 0 saturated heterocycles. The lowest BCUT2D eigenvalue weighted by molar-refractivity contribution is -0.147. The van der Waals surface area contributed by atoms with Gasteiger partial charge in [0.2, 0.25) is 5.91 Å². The molecule has 1 aliphatic carbocycles. The van der Waals surface area contributed by atoms with Gasteiger partial charge in [-0.15, -0.1) is 0 Å². The van der Waals surface area contributed by atoms with Crippen molar-refractivity contribution in [2.24, 2.45) is 5.73 Å². The van der Waals surface area contributed by atoms with Gasteiger partial charge in [0, 0.05) is 0 Å². The van der Waals surface area contributed by atoms with Gasteiger partial charge in [-0.3, -0.25) is 4.79 Å². The normalized spacial score (nSPS) is 19.9. The summed E-state index contributed by atoms with van der Waals surface area (Å²) in [5.41, 5.74) is 4.67. The van der Waals surface area contributed by atoms with Crippen molar-refractivity contribution in [3.05, 3.63) is 0 Å². The highest BCUT2D eigenvalue weighted by molar-refractivity contribution is 5.89. The number of unbranched alkanes of at least 4 members (excludes halogenated alkanes) is 1. The molecule has 0 aliphatic heterocycles. The van der Waals surface area contributed by atoms with Crippen LogP contribution in [0.4, 0.5) is 0 Å². The second-order valence-electron chi connectivity index (χ2n) is 4.83. The van der Waals surface area contributed by atoms with E-state index in [-0.39, 0.29) is 5.91 Å². The third-order valence-corrected chi connectivity index (χ3v) is 3.43. The van der Waals surface area contributed by atoms with Gasteiger partial charge in [0.15, 0.2) is 0 Å². The van der Waals surface area contributed by atoms with Crippen LogP contribution in [0, 0.1) is 0 Å². The van der Waals surface area contributed by atoms with Crippen LogP contribution in [-0.2, 0) is 9.59 Å². The van der Waals surface area contributed by atoms with Crippen LogP contribution in [0.1, 0.15) is 51.9 Å². The summed E-state index contributed by atoms with van der Waals surface area (Å²) in [5.74, 6) is -1.27. The first kappa shape index (κ1) is 14.0. The smallest absolute Gasteiger partial charge is 0.329 e. The third kappa shape index (κ3) is 3.43. The summed E-state index contributed by atoms with van der Waals surface area (Å²) in [4.78, 5) is 23.1. The van der Waals surface area contributed by atoms with Gasteiger partial charge in [-0.05, 0) is 19.3 Å². The third-order valence-electron chi connectivity index (χ3n) is 3.43. The number of hydrogen-bond acceptors (Lipinski definition) is 3. The monoisotopic (exact) mass is 242 g/mol. The Kier molecular flexibility index (Phi) is 4.93. The average Bonchev–Trinajstić information content (AvgIpc) is 2.75.